The number of hydrogen-bond donors (Lipinski definition) is 1. The van der Waals surface area contributed by atoms with Gasteiger partial charge in [0.2, 0.25) is 0 Å². The van der Waals surface area contributed by atoms with Crippen molar-refractivity contribution in [3.8, 4) is 6.07 Å². The largest absolute Gasteiger partial charge is 0.384 e. The minimum absolute atomic E-state index is 0.114. The second kappa shape index (κ2) is 6.01. The van der Waals surface area contributed by atoms with E-state index in [1.54, 1.807) is 30.9 Å². The van der Waals surface area contributed by atoms with Crippen molar-refractivity contribution in [2.45, 2.75) is 20.8 Å². The van der Waals surface area contributed by atoms with Crippen LogP contribution in [0, 0.1) is 24.2 Å². The summed E-state index contributed by atoms with van der Waals surface area (Å²) >= 11 is 0. The Balaban J connectivity index is 2.93. The number of rotatable bonds is 4. The van der Waals surface area contributed by atoms with Gasteiger partial charge in [-0.2, -0.15) is 5.26 Å². The molecular formula is C13H18N4O. The highest BCUT2D eigenvalue weighted by Crippen LogP contribution is 2.11. The normalized spacial score (nSPS) is 11.7. The van der Waals surface area contributed by atoms with Crippen LogP contribution in [-0.4, -0.2) is 28.9 Å². The standard InChI is InChI=1S/C13H18N4O/c1-4-17(8-9(2)7-14)13(18)11-5-10(3)16-12(15)6-11/h5-6,9H,4,8H2,1-3H3,(H2,15,16). The molecule has 18 heavy (non-hydrogen) atoms. The molecule has 1 aromatic rings. The number of anilines is 1. The molecule has 1 amide bonds. The van der Waals surface area contributed by atoms with Crippen LogP contribution in [0.15, 0.2) is 12.1 Å². The van der Waals surface area contributed by atoms with Gasteiger partial charge in [0.1, 0.15) is 5.82 Å². The minimum atomic E-state index is -0.186. The maximum absolute atomic E-state index is 12.3. The fourth-order valence-corrected chi connectivity index (χ4v) is 1.73. The van der Waals surface area contributed by atoms with Gasteiger partial charge in [-0.05, 0) is 32.9 Å². The summed E-state index contributed by atoms with van der Waals surface area (Å²) in [6.45, 7) is 6.46. The number of nitrogens with two attached hydrogens (primary N) is 1. The summed E-state index contributed by atoms with van der Waals surface area (Å²) in [6.07, 6.45) is 0. The Morgan fingerprint density at radius 2 is 2.28 bits per heavy atom. The molecule has 5 heteroatoms. The van der Waals surface area contributed by atoms with Gasteiger partial charge in [0.05, 0.1) is 12.0 Å². The number of nitriles is 1. The van der Waals surface area contributed by atoms with E-state index in [9.17, 15) is 4.79 Å². The first-order valence-electron chi connectivity index (χ1n) is 5.91. The van der Waals surface area contributed by atoms with Crippen molar-refractivity contribution >= 4 is 11.7 Å². The summed E-state index contributed by atoms with van der Waals surface area (Å²) < 4.78 is 0. The summed E-state index contributed by atoms with van der Waals surface area (Å²) in [5.41, 5.74) is 6.86. The maximum atomic E-state index is 12.3. The maximum Gasteiger partial charge on any atom is 0.254 e. The first-order valence-corrected chi connectivity index (χ1v) is 5.91. The Morgan fingerprint density at radius 3 is 2.78 bits per heavy atom. The molecule has 0 spiro atoms. The van der Waals surface area contributed by atoms with E-state index in [-0.39, 0.29) is 11.8 Å². The fraction of sp³-hybridized carbons (Fsp3) is 0.462. The van der Waals surface area contributed by atoms with Gasteiger partial charge in [-0.25, -0.2) is 4.98 Å². The molecule has 0 bridgehead atoms. The van der Waals surface area contributed by atoms with Gasteiger partial charge in [0.25, 0.3) is 5.91 Å². The topological polar surface area (TPSA) is 83.0 Å². The number of amides is 1. The second-order valence-electron chi connectivity index (χ2n) is 4.30. The number of carbonyl (C=O) groups excluding carboxylic acids is 1. The molecule has 1 heterocycles. The van der Waals surface area contributed by atoms with Gasteiger partial charge in [0.15, 0.2) is 0 Å². The number of nitrogen functional groups attached to an aromatic ring is 1. The molecule has 0 radical (unpaired) electrons. The number of carbonyl (C=O) groups is 1. The molecule has 0 fully saturated rings. The van der Waals surface area contributed by atoms with Gasteiger partial charge >= 0.3 is 0 Å². The molecule has 96 valence electrons. The third kappa shape index (κ3) is 3.45. The summed E-state index contributed by atoms with van der Waals surface area (Å²) in [6, 6.07) is 5.40. The average molecular weight is 246 g/mol. The smallest absolute Gasteiger partial charge is 0.254 e. The number of pyridine rings is 1. The van der Waals surface area contributed by atoms with Gasteiger partial charge in [-0.3, -0.25) is 4.79 Å². The van der Waals surface area contributed by atoms with Gasteiger partial charge in [-0.1, -0.05) is 0 Å². The molecule has 2 N–H and O–H groups in total. The number of nitrogens with zero attached hydrogens (tertiary/aromatic N) is 3. The molecule has 0 aliphatic carbocycles. The highest BCUT2D eigenvalue weighted by atomic mass is 16.2. The number of aromatic nitrogens is 1. The van der Waals surface area contributed by atoms with Crippen LogP contribution in [0.3, 0.4) is 0 Å². The Bertz CT molecular complexity index is 458. The predicted molar refractivity (Wildman–Crippen MR) is 69.7 cm³/mol. The van der Waals surface area contributed by atoms with Gasteiger partial charge < -0.3 is 10.6 Å². The lowest BCUT2D eigenvalue weighted by atomic mass is 10.1. The molecule has 1 unspecified atom stereocenters. The first-order chi connectivity index (χ1) is 8.47. The summed E-state index contributed by atoms with van der Waals surface area (Å²) in [4.78, 5) is 17.9. The van der Waals surface area contributed by atoms with Crippen molar-refractivity contribution in [3.05, 3.63) is 23.4 Å². The molecule has 0 aliphatic rings. The molecule has 1 aromatic heterocycles. The lowest BCUT2D eigenvalue weighted by Crippen LogP contribution is -2.34. The first kappa shape index (κ1) is 14.0. The van der Waals surface area contributed by atoms with Crippen LogP contribution >= 0.6 is 0 Å². The van der Waals surface area contributed by atoms with Crippen LogP contribution in [0.25, 0.3) is 0 Å². The van der Waals surface area contributed by atoms with E-state index in [4.69, 9.17) is 11.0 Å². The van der Waals surface area contributed by atoms with Crippen molar-refractivity contribution in [2.75, 3.05) is 18.8 Å². The molecule has 0 saturated carbocycles. The SMILES string of the molecule is CCN(CC(C)C#N)C(=O)c1cc(C)nc(N)c1. The van der Waals surface area contributed by atoms with Crippen molar-refractivity contribution < 1.29 is 4.79 Å². The lowest BCUT2D eigenvalue weighted by molar-refractivity contribution is 0.0752. The highest BCUT2D eigenvalue weighted by Gasteiger charge is 2.17. The molecule has 0 saturated heterocycles. The van der Waals surface area contributed by atoms with E-state index in [0.717, 1.165) is 0 Å². The predicted octanol–water partition coefficient (Wildman–Crippen LogP) is 1.59. The van der Waals surface area contributed by atoms with Crippen LogP contribution in [0.5, 0.6) is 0 Å². The van der Waals surface area contributed by atoms with E-state index in [0.29, 0.717) is 30.2 Å². The molecule has 5 nitrogen and oxygen atoms in total. The fourth-order valence-electron chi connectivity index (χ4n) is 1.73. The van der Waals surface area contributed by atoms with Crippen molar-refractivity contribution in [1.82, 2.24) is 9.88 Å². The lowest BCUT2D eigenvalue weighted by Gasteiger charge is -2.22. The summed E-state index contributed by atoms with van der Waals surface area (Å²) in [5.74, 6) is 0.0358. The van der Waals surface area contributed by atoms with Gasteiger partial charge in [-0.15, -0.1) is 0 Å². The molecule has 0 aromatic carbocycles. The van der Waals surface area contributed by atoms with E-state index in [1.165, 1.54) is 0 Å². The van der Waals surface area contributed by atoms with Crippen LogP contribution in [0.2, 0.25) is 0 Å². The van der Waals surface area contributed by atoms with E-state index >= 15 is 0 Å². The van der Waals surface area contributed by atoms with Gasteiger partial charge in [0, 0.05) is 24.3 Å². The van der Waals surface area contributed by atoms with E-state index in [1.807, 2.05) is 6.92 Å². The zero-order chi connectivity index (χ0) is 13.7. The molecule has 1 rings (SSSR count). The Morgan fingerprint density at radius 1 is 1.61 bits per heavy atom. The van der Waals surface area contributed by atoms with Crippen LogP contribution < -0.4 is 5.73 Å². The molecular weight excluding hydrogens is 228 g/mol. The van der Waals surface area contributed by atoms with E-state index in [2.05, 4.69) is 11.1 Å². The third-order valence-electron chi connectivity index (χ3n) is 2.60. The van der Waals surface area contributed by atoms with Crippen LogP contribution in [-0.2, 0) is 0 Å². The van der Waals surface area contributed by atoms with Crippen molar-refractivity contribution in [1.29, 1.82) is 5.26 Å². The van der Waals surface area contributed by atoms with Crippen molar-refractivity contribution in [2.24, 2.45) is 5.92 Å². The molecule has 1 atom stereocenters. The van der Waals surface area contributed by atoms with Crippen LogP contribution in [0.1, 0.15) is 29.9 Å². The summed E-state index contributed by atoms with van der Waals surface area (Å²) in [7, 11) is 0. The number of aryl methyl sites for hydroxylation is 1. The average Bonchev–Trinajstić information content (AvgIpc) is 2.33. The Hall–Kier alpha value is -2.09. The van der Waals surface area contributed by atoms with Crippen molar-refractivity contribution in [3.63, 3.8) is 0 Å². The summed E-state index contributed by atoms with van der Waals surface area (Å²) in [5, 5.41) is 8.80. The minimum Gasteiger partial charge on any atom is -0.384 e. The van der Waals surface area contributed by atoms with E-state index < -0.39 is 0 Å². The number of hydrogen-bond acceptors (Lipinski definition) is 4. The van der Waals surface area contributed by atoms with Crippen LogP contribution in [0.4, 0.5) is 5.82 Å². The molecule has 0 aliphatic heterocycles. The monoisotopic (exact) mass is 246 g/mol. The zero-order valence-electron chi connectivity index (χ0n) is 11.0. The quantitative estimate of drug-likeness (QED) is 0.874. The Kier molecular flexibility index (Phi) is 4.67. The highest BCUT2D eigenvalue weighted by molar-refractivity contribution is 5.95. The second-order valence-corrected chi connectivity index (χ2v) is 4.30. The zero-order valence-corrected chi connectivity index (χ0v) is 11.0. The Labute approximate surface area is 107 Å². The third-order valence-corrected chi connectivity index (χ3v) is 2.60.